The molecule has 2 N–H and O–H groups in total. The first-order chi connectivity index (χ1) is 16.3. The minimum atomic E-state index is -0.604. The Balaban J connectivity index is 1.81. The van der Waals surface area contributed by atoms with Crippen LogP contribution in [0.2, 0.25) is 0 Å². The molecule has 0 bridgehead atoms. The molecule has 172 valence electrons. The van der Waals surface area contributed by atoms with Crippen molar-refractivity contribution in [3.05, 3.63) is 91.0 Å². The molecule has 3 rings (SSSR count). The molecule has 0 spiro atoms. The first-order valence-electron chi connectivity index (χ1n) is 9.76. The van der Waals surface area contributed by atoms with Gasteiger partial charge < -0.3 is 19.9 Å². The van der Waals surface area contributed by atoms with E-state index in [-0.39, 0.29) is 23.6 Å². The molecule has 10 heteroatoms. The first-order valence-corrected chi connectivity index (χ1v) is 10.8. The topological polar surface area (TPSA) is 135 Å². The number of aromatic hydroxyl groups is 1. The number of anilines is 1. The number of phenolic OH excluding ortho intramolecular Hbond substituents is 1. The van der Waals surface area contributed by atoms with Gasteiger partial charge in [-0.25, -0.2) is 0 Å². The van der Waals surface area contributed by atoms with E-state index in [9.17, 15) is 25.3 Å². The molecule has 0 aliphatic rings. The summed E-state index contributed by atoms with van der Waals surface area (Å²) in [5.74, 6) is 0.260. The summed E-state index contributed by atoms with van der Waals surface area (Å²) in [6, 6.07) is 17.2. The van der Waals surface area contributed by atoms with Gasteiger partial charge in [-0.1, -0.05) is 12.1 Å². The summed E-state index contributed by atoms with van der Waals surface area (Å²) in [5.41, 5.74) is 1.44. The Morgan fingerprint density at radius 1 is 1.24 bits per heavy atom. The Labute approximate surface area is 208 Å². The van der Waals surface area contributed by atoms with Crippen LogP contribution in [0.1, 0.15) is 11.1 Å². The van der Waals surface area contributed by atoms with Crippen molar-refractivity contribution in [3.63, 3.8) is 0 Å². The van der Waals surface area contributed by atoms with Crippen LogP contribution < -0.4 is 14.8 Å². The van der Waals surface area contributed by atoms with Crippen LogP contribution in [-0.4, -0.2) is 23.0 Å². The van der Waals surface area contributed by atoms with E-state index in [0.29, 0.717) is 31.9 Å². The number of nitro benzene ring substituents is 1. The number of rotatable bonds is 8. The Morgan fingerprint density at radius 3 is 2.62 bits per heavy atom. The lowest BCUT2D eigenvalue weighted by atomic mass is 10.1. The molecule has 0 aliphatic carbocycles. The second-order valence-corrected chi connectivity index (χ2v) is 8.08. The molecule has 0 saturated heterocycles. The van der Waals surface area contributed by atoms with E-state index >= 15 is 0 Å². The van der Waals surface area contributed by atoms with E-state index in [0.717, 1.165) is 0 Å². The summed E-state index contributed by atoms with van der Waals surface area (Å²) in [6.45, 7) is 0.0850. The van der Waals surface area contributed by atoms with E-state index in [1.165, 1.54) is 49.6 Å². The number of ether oxygens (including phenoxy) is 2. The molecule has 9 nitrogen and oxygen atoms in total. The van der Waals surface area contributed by atoms with Crippen LogP contribution in [0.25, 0.3) is 6.08 Å². The fourth-order valence-electron chi connectivity index (χ4n) is 2.94. The van der Waals surface area contributed by atoms with Crippen LogP contribution >= 0.6 is 22.6 Å². The van der Waals surface area contributed by atoms with Gasteiger partial charge in [0.05, 0.1) is 15.6 Å². The van der Waals surface area contributed by atoms with Crippen molar-refractivity contribution in [2.75, 3.05) is 12.4 Å². The number of halogens is 1. The number of non-ortho nitro benzene ring substituents is 1. The molecule has 3 aromatic rings. The summed E-state index contributed by atoms with van der Waals surface area (Å²) in [4.78, 5) is 23.0. The van der Waals surface area contributed by atoms with Gasteiger partial charge in [-0.2, -0.15) is 5.26 Å². The highest BCUT2D eigenvalue weighted by Crippen LogP contribution is 2.35. The fourth-order valence-corrected chi connectivity index (χ4v) is 3.72. The summed E-state index contributed by atoms with van der Waals surface area (Å²) >= 11 is 2.04. The predicted molar refractivity (Wildman–Crippen MR) is 133 cm³/mol. The number of nitro groups is 1. The molecule has 0 unspecified atom stereocenters. The lowest BCUT2D eigenvalue weighted by Crippen LogP contribution is -2.13. The Morgan fingerprint density at radius 2 is 1.97 bits per heavy atom. The smallest absolute Gasteiger partial charge is 0.269 e. The molecule has 0 aliphatic heterocycles. The molecule has 3 aromatic carbocycles. The molecular weight excluding hydrogens is 553 g/mol. The second kappa shape index (κ2) is 11.2. The van der Waals surface area contributed by atoms with Gasteiger partial charge in [0.1, 0.15) is 24.0 Å². The van der Waals surface area contributed by atoms with Crippen molar-refractivity contribution in [1.29, 1.82) is 5.26 Å². The molecule has 0 aromatic heterocycles. The number of benzene rings is 3. The van der Waals surface area contributed by atoms with Crippen LogP contribution in [0.3, 0.4) is 0 Å². The molecule has 0 atom stereocenters. The SMILES string of the molecule is COc1cc(/C=C(\C#N)C(=O)Nc2ccc(O)cc2)cc(I)c1OCc1cccc([N+](=O)[O-])c1. The van der Waals surface area contributed by atoms with E-state index in [1.807, 2.05) is 28.7 Å². The van der Waals surface area contributed by atoms with E-state index in [1.54, 1.807) is 24.3 Å². The number of methoxy groups -OCH3 is 1. The predicted octanol–water partition coefficient (Wildman–Crippen LogP) is 5.04. The van der Waals surface area contributed by atoms with Crippen LogP contribution in [0.5, 0.6) is 17.2 Å². The summed E-state index contributed by atoms with van der Waals surface area (Å²) in [7, 11) is 1.46. The lowest BCUT2D eigenvalue weighted by Gasteiger charge is -2.14. The maximum Gasteiger partial charge on any atom is 0.269 e. The Kier molecular flexibility index (Phi) is 8.05. The van der Waals surface area contributed by atoms with Crippen molar-refractivity contribution in [2.24, 2.45) is 0 Å². The monoisotopic (exact) mass is 571 g/mol. The average molecular weight is 571 g/mol. The van der Waals surface area contributed by atoms with Crippen molar-refractivity contribution in [1.82, 2.24) is 0 Å². The molecule has 0 fully saturated rings. The van der Waals surface area contributed by atoms with Gasteiger partial charge in [-0.3, -0.25) is 14.9 Å². The van der Waals surface area contributed by atoms with Crippen LogP contribution in [-0.2, 0) is 11.4 Å². The number of nitrogens with zero attached hydrogens (tertiary/aromatic N) is 2. The van der Waals surface area contributed by atoms with Gasteiger partial charge in [0.15, 0.2) is 11.5 Å². The summed E-state index contributed by atoms with van der Waals surface area (Å²) < 4.78 is 11.9. The normalized spacial score (nSPS) is 10.8. The molecule has 34 heavy (non-hydrogen) atoms. The highest BCUT2D eigenvalue weighted by molar-refractivity contribution is 14.1. The number of nitriles is 1. The number of nitrogens with one attached hydrogen (secondary N) is 1. The average Bonchev–Trinajstić information content (AvgIpc) is 2.83. The van der Waals surface area contributed by atoms with Gasteiger partial charge in [0.2, 0.25) is 0 Å². The molecule has 1 amide bonds. The van der Waals surface area contributed by atoms with Crippen LogP contribution in [0.15, 0.2) is 66.2 Å². The number of carbonyl (C=O) groups excluding carboxylic acids is 1. The maximum atomic E-state index is 12.5. The van der Waals surface area contributed by atoms with Crippen molar-refractivity contribution in [2.45, 2.75) is 6.61 Å². The fraction of sp³-hybridized carbons (Fsp3) is 0.0833. The number of hydrogen-bond acceptors (Lipinski definition) is 7. The number of carbonyl (C=O) groups is 1. The van der Waals surface area contributed by atoms with Crippen molar-refractivity contribution in [3.8, 4) is 23.3 Å². The lowest BCUT2D eigenvalue weighted by molar-refractivity contribution is -0.384. The van der Waals surface area contributed by atoms with Gasteiger partial charge in [0.25, 0.3) is 11.6 Å². The Bertz CT molecular complexity index is 1300. The summed E-state index contributed by atoms with van der Waals surface area (Å²) in [5, 5.41) is 32.4. The van der Waals surface area contributed by atoms with Gasteiger partial charge in [-0.15, -0.1) is 0 Å². The number of phenols is 1. The quantitative estimate of drug-likeness (QED) is 0.0967. The van der Waals surface area contributed by atoms with E-state index in [2.05, 4.69) is 5.32 Å². The van der Waals surface area contributed by atoms with Crippen LogP contribution in [0.4, 0.5) is 11.4 Å². The Hall–Kier alpha value is -4.11. The standard InChI is InChI=1S/C24H18IN3O6/c1-33-22-12-16(9-17(13-26)24(30)27-18-5-7-20(29)8-6-18)11-21(25)23(22)34-14-15-3-2-4-19(10-15)28(31)32/h2-12,29H,14H2,1H3,(H,27,30)/b17-9+. The second-order valence-electron chi connectivity index (χ2n) is 6.92. The van der Waals surface area contributed by atoms with Crippen LogP contribution in [0, 0.1) is 25.0 Å². The zero-order valence-electron chi connectivity index (χ0n) is 17.8. The van der Waals surface area contributed by atoms with Gasteiger partial charge in [0, 0.05) is 17.8 Å². The molecule has 0 radical (unpaired) electrons. The zero-order valence-corrected chi connectivity index (χ0v) is 20.0. The largest absolute Gasteiger partial charge is 0.508 e. The van der Waals surface area contributed by atoms with E-state index in [4.69, 9.17) is 9.47 Å². The third-order valence-corrected chi connectivity index (χ3v) is 5.36. The van der Waals surface area contributed by atoms with E-state index < -0.39 is 10.8 Å². The highest BCUT2D eigenvalue weighted by atomic mass is 127. The number of amides is 1. The molecular formula is C24H18IN3O6. The highest BCUT2D eigenvalue weighted by Gasteiger charge is 2.15. The third kappa shape index (κ3) is 6.23. The van der Waals surface area contributed by atoms with Crippen molar-refractivity contribution >= 4 is 45.9 Å². The summed E-state index contributed by atoms with van der Waals surface area (Å²) in [6.07, 6.45) is 1.42. The van der Waals surface area contributed by atoms with Crippen molar-refractivity contribution < 1.29 is 24.3 Å². The number of hydrogen-bond donors (Lipinski definition) is 2. The van der Waals surface area contributed by atoms with Gasteiger partial charge >= 0.3 is 0 Å². The minimum absolute atomic E-state index is 0.0298. The zero-order chi connectivity index (χ0) is 24.7. The molecule has 0 saturated carbocycles. The maximum absolute atomic E-state index is 12.5. The first kappa shape index (κ1) is 24.5. The molecule has 0 heterocycles. The minimum Gasteiger partial charge on any atom is -0.508 e. The third-order valence-electron chi connectivity index (χ3n) is 4.56. The van der Waals surface area contributed by atoms with Gasteiger partial charge in [-0.05, 0) is 76.2 Å².